The first-order chi connectivity index (χ1) is 12.5. The maximum Gasteiger partial charge on any atom is 0.335 e. The van der Waals surface area contributed by atoms with Gasteiger partial charge in [-0.3, -0.25) is 5.41 Å². The Kier molecular flexibility index (Phi) is 5.24. The molecule has 6 heteroatoms. The normalized spacial score (nSPS) is 10.3. The summed E-state index contributed by atoms with van der Waals surface area (Å²) < 4.78 is 3.17. The maximum absolute atomic E-state index is 11.1. The smallest absolute Gasteiger partial charge is 0.335 e. The molecule has 0 bridgehead atoms. The van der Waals surface area contributed by atoms with Crippen molar-refractivity contribution in [3.05, 3.63) is 89.5 Å². The number of hydrogen-bond acceptors (Lipinski definition) is 5. The third kappa shape index (κ3) is 4.04. The fourth-order valence-electron chi connectivity index (χ4n) is 2.41. The van der Waals surface area contributed by atoms with Crippen molar-refractivity contribution in [1.29, 1.82) is 5.41 Å². The number of carboxylic acid groups (broad SMARTS) is 1. The molecule has 0 amide bonds. The van der Waals surface area contributed by atoms with Crippen LogP contribution in [0.2, 0.25) is 0 Å². The van der Waals surface area contributed by atoms with E-state index in [-0.39, 0.29) is 5.56 Å². The van der Waals surface area contributed by atoms with Crippen LogP contribution in [0.25, 0.3) is 0 Å². The first-order valence-corrected chi connectivity index (χ1v) is 8.66. The number of nitrogen functional groups attached to an aromatic ring is 1. The molecule has 3 aromatic rings. The van der Waals surface area contributed by atoms with Crippen molar-refractivity contribution in [3.8, 4) is 0 Å². The molecule has 0 unspecified atom stereocenters. The molecule has 0 fully saturated rings. The van der Waals surface area contributed by atoms with Crippen LogP contribution in [0.5, 0.6) is 0 Å². The molecular weight excluding hydrogens is 346 g/mol. The minimum Gasteiger partial charge on any atom is -0.478 e. The molecule has 0 saturated heterocycles. The van der Waals surface area contributed by atoms with Crippen LogP contribution in [0.4, 0.5) is 11.4 Å². The lowest BCUT2D eigenvalue weighted by molar-refractivity contribution is 0.0696. The van der Waals surface area contributed by atoms with E-state index in [1.807, 2.05) is 48.5 Å². The number of nitrogens with one attached hydrogen (secondary N) is 2. The summed E-state index contributed by atoms with van der Waals surface area (Å²) in [7, 11) is 0. The van der Waals surface area contributed by atoms with Crippen LogP contribution in [-0.2, 0) is 0 Å². The highest BCUT2D eigenvalue weighted by Gasteiger charge is 2.10. The SMILES string of the molecule is N=C(c1ccccc1)c1cc(NSc2cccc(C(=O)O)c2)ccc1N. The molecule has 5 nitrogen and oxygen atoms in total. The topological polar surface area (TPSA) is 99.2 Å². The number of aromatic carboxylic acids is 1. The number of rotatable bonds is 6. The Balaban J connectivity index is 1.79. The van der Waals surface area contributed by atoms with Gasteiger partial charge in [0, 0.05) is 27.4 Å². The van der Waals surface area contributed by atoms with Gasteiger partial charge in [-0.1, -0.05) is 36.4 Å². The molecule has 5 N–H and O–H groups in total. The molecule has 0 heterocycles. The summed E-state index contributed by atoms with van der Waals surface area (Å²) >= 11 is 1.30. The van der Waals surface area contributed by atoms with Gasteiger partial charge in [0.2, 0.25) is 0 Å². The van der Waals surface area contributed by atoms with Gasteiger partial charge < -0.3 is 15.6 Å². The third-order valence-corrected chi connectivity index (χ3v) is 4.58. The summed E-state index contributed by atoms with van der Waals surface area (Å²) in [6.45, 7) is 0. The summed E-state index contributed by atoms with van der Waals surface area (Å²) in [4.78, 5) is 11.8. The molecule has 26 heavy (non-hydrogen) atoms. The zero-order chi connectivity index (χ0) is 18.5. The zero-order valence-electron chi connectivity index (χ0n) is 13.8. The lowest BCUT2D eigenvalue weighted by Crippen LogP contribution is -2.06. The number of anilines is 2. The van der Waals surface area contributed by atoms with E-state index in [4.69, 9.17) is 16.2 Å². The lowest BCUT2D eigenvalue weighted by atomic mass is 10.0. The standard InChI is InChI=1S/C20H17N3O2S/c21-18-10-9-15(12-17(18)19(22)13-5-2-1-3-6-13)23-26-16-8-4-7-14(11-16)20(24)25/h1-12,22-23H,21H2,(H,24,25). The number of hydrogen-bond donors (Lipinski definition) is 4. The molecule has 3 rings (SSSR count). The Hall–Kier alpha value is -3.25. The van der Waals surface area contributed by atoms with Gasteiger partial charge in [-0.15, -0.1) is 0 Å². The Morgan fingerprint density at radius 3 is 2.42 bits per heavy atom. The highest BCUT2D eigenvalue weighted by Crippen LogP contribution is 2.26. The van der Waals surface area contributed by atoms with Crippen molar-refractivity contribution in [2.75, 3.05) is 10.5 Å². The molecule has 0 atom stereocenters. The molecule has 0 spiro atoms. The summed E-state index contributed by atoms with van der Waals surface area (Å²) in [5.74, 6) is -0.960. The molecular formula is C20H17N3O2S. The van der Waals surface area contributed by atoms with Crippen LogP contribution >= 0.6 is 11.9 Å². The summed E-state index contributed by atoms with van der Waals surface area (Å²) in [6, 6.07) is 21.5. The Morgan fingerprint density at radius 2 is 1.69 bits per heavy atom. The zero-order valence-corrected chi connectivity index (χ0v) is 14.6. The van der Waals surface area contributed by atoms with Crippen molar-refractivity contribution < 1.29 is 9.90 Å². The predicted molar refractivity (Wildman–Crippen MR) is 106 cm³/mol. The monoisotopic (exact) mass is 363 g/mol. The highest BCUT2D eigenvalue weighted by molar-refractivity contribution is 8.00. The molecule has 130 valence electrons. The van der Waals surface area contributed by atoms with E-state index in [9.17, 15) is 4.79 Å². The molecule has 0 aliphatic carbocycles. The van der Waals surface area contributed by atoms with Crippen LogP contribution in [-0.4, -0.2) is 16.8 Å². The van der Waals surface area contributed by atoms with E-state index in [0.717, 1.165) is 16.1 Å². The maximum atomic E-state index is 11.1. The van der Waals surface area contributed by atoms with E-state index < -0.39 is 5.97 Å². The van der Waals surface area contributed by atoms with E-state index in [1.165, 1.54) is 11.9 Å². The molecule has 0 aromatic heterocycles. The van der Waals surface area contributed by atoms with Gasteiger partial charge in [0.15, 0.2) is 0 Å². The second kappa shape index (κ2) is 7.76. The van der Waals surface area contributed by atoms with Crippen molar-refractivity contribution in [3.63, 3.8) is 0 Å². The minimum absolute atomic E-state index is 0.237. The highest BCUT2D eigenvalue weighted by atomic mass is 32.2. The molecule has 0 aliphatic rings. The number of carbonyl (C=O) groups is 1. The average Bonchev–Trinajstić information content (AvgIpc) is 2.67. The van der Waals surface area contributed by atoms with Crippen molar-refractivity contribution in [1.82, 2.24) is 0 Å². The fraction of sp³-hybridized carbons (Fsp3) is 0. The second-order valence-corrected chi connectivity index (χ2v) is 6.46. The van der Waals surface area contributed by atoms with E-state index >= 15 is 0 Å². The average molecular weight is 363 g/mol. The van der Waals surface area contributed by atoms with Gasteiger partial charge >= 0.3 is 5.97 Å². The van der Waals surface area contributed by atoms with Crippen molar-refractivity contribution >= 4 is 35.0 Å². The van der Waals surface area contributed by atoms with Crippen LogP contribution in [0, 0.1) is 5.41 Å². The first kappa shape index (κ1) is 17.6. The van der Waals surface area contributed by atoms with E-state index in [1.54, 1.807) is 24.3 Å². The number of nitrogens with two attached hydrogens (primary N) is 1. The van der Waals surface area contributed by atoms with Gasteiger partial charge in [0.1, 0.15) is 0 Å². The van der Waals surface area contributed by atoms with Crippen molar-refractivity contribution in [2.24, 2.45) is 0 Å². The van der Waals surface area contributed by atoms with Crippen LogP contribution in [0.15, 0.2) is 77.7 Å². The Labute approximate surface area is 155 Å². The van der Waals surface area contributed by atoms with Crippen LogP contribution in [0.1, 0.15) is 21.5 Å². The molecule has 0 radical (unpaired) electrons. The molecule has 3 aromatic carbocycles. The van der Waals surface area contributed by atoms with Gasteiger partial charge in [-0.05, 0) is 48.3 Å². The van der Waals surface area contributed by atoms with Gasteiger partial charge in [-0.25, -0.2) is 4.79 Å². The predicted octanol–water partition coefficient (Wildman–Crippen LogP) is 4.50. The molecule has 0 saturated carbocycles. The van der Waals surface area contributed by atoms with Crippen LogP contribution < -0.4 is 10.5 Å². The van der Waals surface area contributed by atoms with Gasteiger partial charge in [0.05, 0.1) is 11.3 Å². The van der Waals surface area contributed by atoms with Gasteiger partial charge in [0.25, 0.3) is 0 Å². The van der Waals surface area contributed by atoms with E-state index in [2.05, 4.69) is 4.72 Å². The summed E-state index contributed by atoms with van der Waals surface area (Å²) in [6.07, 6.45) is 0. The fourth-order valence-corrected chi connectivity index (χ4v) is 3.10. The lowest BCUT2D eigenvalue weighted by Gasteiger charge is -2.12. The second-order valence-electron chi connectivity index (χ2n) is 5.58. The number of benzene rings is 3. The first-order valence-electron chi connectivity index (χ1n) is 7.84. The quantitative estimate of drug-likeness (QED) is 0.293. The Bertz CT molecular complexity index is 958. The molecule has 0 aliphatic heterocycles. The summed E-state index contributed by atoms with van der Waals surface area (Å²) in [5, 5.41) is 17.5. The van der Waals surface area contributed by atoms with Gasteiger partial charge in [-0.2, -0.15) is 0 Å². The third-order valence-electron chi connectivity index (χ3n) is 3.75. The minimum atomic E-state index is -0.960. The Morgan fingerprint density at radius 1 is 0.962 bits per heavy atom. The summed E-state index contributed by atoms with van der Waals surface area (Å²) in [5.41, 5.74) is 9.37. The van der Waals surface area contributed by atoms with Crippen molar-refractivity contribution in [2.45, 2.75) is 4.90 Å². The number of carboxylic acids is 1. The van der Waals surface area contributed by atoms with E-state index in [0.29, 0.717) is 17.0 Å². The largest absolute Gasteiger partial charge is 0.478 e. The van der Waals surface area contributed by atoms with Crippen LogP contribution in [0.3, 0.4) is 0 Å².